The van der Waals surface area contributed by atoms with Crippen molar-refractivity contribution in [2.75, 3.05) is 17.2 Å². The Hall–Kier alpha value is -3.02. The van der Waals surface area contributed by atoms with E-state index in [0.717, 1.165) is 40.1 Å². The lowest BCUT2D eigenvalue weighted by atomic mass is 10.0. The van der Waals surface area contributed by atoms with Crippen LogP contribution in [-0.2, 0) is 6.54 Å². The summed E-state index contributed by atoms with van der Waals surface area (Å²) in [7, 11) is 0. The SMILES string of the molecule is CCNc1n[nH]c2cc3c(cc12)CN(C(C)c1ccccc1)C(=O)N3. The highest BCUT2D eigenvalue weighted by Crippen LogP contribution is 2.34. The summed E-state index contributed by atoms with van der Waals surface area (Å²) in [5.41, 5.74) is 3.98. The van der Waals surface area contributed by atoms with Crippen molar-refractivity contribution in [1.82, 2.24) is 15.1 Å². The molecular weight excluding hydrogens is 314 g/mol. The summed E-state index contributed by atoms with van der Waals surface area (Å²) in [5.74, 6) is 0.847. The van der Waals surface area contributed by atoms with Crippen LogP contribution in [0, 0.1) is 0 Å². The fourth-order valence-corrected chi connectivity index (χ4v) is 3.33. The number of hydrogen-bond donors (Lipinski definition) is 3. The highest BCUT2D eigenvalue weighted by molar-refractivity contribution is 5.99. The van der Waals surface area contributed by atoms with Crippen LogP contribution in [0.25, 0.3) is 10.9 Å². The van der Waals surface area contributed by atoms with Crippen molar-refractivity contribution >= 4 is 28.4 Å². The average Bonchev–Trinajstić information content (AvgIpc) is 3.02. The molecule has 0 spiro atoms. The Bertz CT molecular complexity index is 918. The van der Waals surface area contributed by atoms with Gasteiger partial charge in [0.25, 0.3) is 0 Å². The number of carbonyl (C=O) groups excluding carboxylic acids is 1. The predicted molar refractivity (Wildman–Crippen MR) is 99.7 cm³/mol. The molecule has 2 heterocycles. The smallest absolute Gasteiger partial charge is 0.322 e. The molecule has 4 rings (SSSR count). The third kappa shape index (κ3) is 2.69. The van der Waals surface area contributed by atoms with Crippen molar-refractivity contribution in [2.45, 2.75) is 26.4 Å². The molecule has 0 saturated heterocycles. The quantitative estimate of drug-likeness (QED) is 0.672. The number of H-pyrrole nitrogens is 1. The fourth-order valence-electron chi connectivity index (χ4n) is 3.33. The Morgan fingerprint density at radius 1 is 1.28 bits per heavy atom. The number of fused-ring (bicyclic) bond motifs is 2. The molecule has 1 unspecified atom stereocenters. The predicted octanol–water partition coefficient (Wildman–Crippen LogP) is 4.10. The molecular formula is C19H21N5O. The van der Waals surface area contributed by atoms with E-state index in [9.17, 15) is 4.79 Å². The van der Waals surface area contributed by atoms with Gasteiger partial charge in [0.15, 0.2) is 5.82 Å². The number of nitrogens with zero attached hydrogens (tertiary/aromatic N) is 2. The fraction of sp³-hybridized carbons (Fsp3) is 0.263. The molecule has 0 aliphatic carbocycles. The maximum absolute atomic E-state index is 12.6. The van der Waals surface area contributed by atoms with Crippen LogP contribution < -0.4 is 10.6 Å². The minimum Gasteiger partial charge on any atom is -0.368 e. The lowest BCUT2D eigenvalue weighted by Crippen LogP contribution is -2.40. The number of amides is 2. The van der Waals surface area contributed by atoms with E-state index in [4.69, 9.17) is 0 Å². The number of nitrogens with one attached hydrogen (secondary N) is 3. The second kappa shape index (κ2) is 6.12. The van der Waals surface area contributed by atoms with Gasteiger partial charge in [-0.25, -0.2) is 4.79 Å². The van der Waals surface area contributed by atoms with Crippen LogP contribution in [-0.4, -0.2) is 27.7 Å². The molecule has 1 atom stereocenters. The lowest BCUT2D eigenvalue weighted by molar-refractivity contribution is 0.186. The maximum Gasteiger partial charge on any atom is 0.322 e. The van der Waals surface area contributed by atoms with Crippen LogP contribution in [0.4, 0.5) is 16.3 Å². The number of benzene rings is 2. The molecule has 2 aromatic carbocycles. The largest absolute Gasteiger partial charge is 0.368 e. The van der Waals surface area contributed by atoms with E-state index in [-0.39, 0.29) is 12.1 Å². The van der Waals surface area contributed by atoms with E-state index in [1.807, 2.05) is 36.1 Å². The standard InChI is InChI=1S/C19H21N5O/c1-3-20-18-15-9-14-11-24(12(2)13-7-5-4-6-8-13)19(25)21-16(14)10-17(15)22-23-18/h4-10,12H,3,11H2,1-2H3,(H,21,25)(H2,20,22,23). The van der Waals surface area contributed by atoms with E-state index in [1.54, 1.807) is 0 Å². The number of urea groups is 1. The van der Waals surface area contributed by atoms with E-state index in [1.165, 1.54) is 0 Å². The van der Waals surface area contributed by atoms with Gasteiger partial charge >= 0.3 is 6.03 Å². The van der Waals surface area contributed by atoms with Gasteiger partial charge < -0.3 is 15.5 Å². The summed E-state index contributed by atoms with van der Waals surface area (Å²) < 4.78 is 0. The van der Waals surface area contributed by atoms with Crippen LogP contribution in [0.1, 0.15) is 31.0 Å². The third-order valence-corrected chi connectivity index (χ3v) is 4.72. The summed E-state index contributed by atoms with van der Waals surface area (Å²) in [6, 6.07) is 14.1. The van der Waals surface area contributed by atoms with Gasteiger partial charge in [0.05, 0.1) is 18.1 Å². The van der Waals surface area contributed by atoms with E-state index >= 15 is 0 Å². The first kappa shape index (κ1) is 15.5. The molecule has 0 saturated carbocycles. The van der Waals surface area contributed by atoms with Crippen LogP contribution in [0.2, 0.25) is 0 Å². The Labute approximate surface area is 146 Å². The molecule has 3 aromatic rings. The van der Waals surface area contributed by atoms with E-state index in [0.29, 0.717) is 6.54 Å². The van der Waals surface area contributed by atoms with Gasteiger partial charge in [0.1, 0.15) is 0 Å². The number of aromatic amines is 1. The van der Waals surface area contributed by atoms with Crippen molar-refractivity contribution < 1.29 is 4.79 Å². The molecule has 1 aliphatic heterocycles. The number of aromatic nitrogens is 2. The zero-order valence-electron chi connectivity index (χ0n) is 14.3. The topological polar surface area (TPSA) is 73.0 Å². The summed E-state index contributed by atoms with van der Waals surface area (Å²) in [4.78, 5) is 14.4. The second-order valence-corrected chi connectivity index (χ2v) is 6.30. The molecule has 1 aliphatic rings. The maximum atomic E-state index is 12.6. The molecule has 0 radical (unpaired) electrons. The molecule has 6 nitrogen and oxygen atoms in total. The van der Waals surface area contributed by atoms with Crippen LogP contribution in [0.3, 0.4) is 0 Å². The molecule has 0 bridgehead atoms. The van der Waals surface area contributed by atoms with Gasteiger partial charge in [-0.2, -0.15) is 5.10 Å². The van der Waals surface area contributed by atoms with Crippen molar-refractivity contribution in [2.24, 2.45) is 0 Å². The van der Waals surface area contributed by atoms with E-state index in [2.05, 4.69) is 46.0 Å². The molecule has 1 aromatic heterocycles. The zero-order valence-corrected chi connectivity index (χ0v) is 14.3. The first-order chi connectivity index (χ1) is 12.2. The number of carbonyl (C=O) groups is 1. The van der Waals surface area contributed by atoms with Gasteiger partial charge in [-0.05, 0) is 37.1 Å². The Balaban J connectivity index is 1.69. The van der Waals surface area contributed by atoms with E-state index < -0.39 is 0 Å². The zero-order chi connectivity index (χ0) is 17.4. The van der Waals surface area contributed by atoms with Crippen molar-refractivity contribution in [3.63, 3.8) is 0 Å². The summed E-state index contributed by atoms with van der Waals surface area (Å²) in [6.45, 7) is 5.48. The number of hydrogen-bond acceptors (Lipinski definition) is 3. The summed E-state index contributed by atoms with van der Waals surface area (Å²) in [5, 5.41) is 14.7. The normalized spacial score (nSPS) is 15.0. The Morgan fingerprint density at radius 3 is 2.84 bits per heavy atom. The lowest BCUT2D eigenvalue weighted by Gasteiger charge is -2.34. The minimum atomic E-state index is -0.0744. The van der Waals surface area contributed by atoms with Gasteiger partial charge in [-0.1, -0.05) is 30.3 Å². The van der Waals surface area contributed by atoms with Crippen molar-refractivity contribution in [1.29, 1.82) is 0 Å². The van der Waals surface area contributed by atoms with Crippen LogP contribution in [0.5, 0.6) is 0 Å². The first-order valence-corrected chi connectivity index (χ1v) is 8.54. The van der Waals surface area contributed by atoms with Gasteiger partial charge in [-0.3, -0.25) is 5.10 Å². The van der Waals surface area contributed by atoms with Gasteiger partial charge in [0.2, 0.25) is 0 Å². The Morgan fingerprint density at radius 2 is 2.08 bits per heavy atom. The molecule has 0 fully saturated rings. The highest BCUT2D eigenvalue weighted by atomic mass is 16.2. The number of rotatable bonds is 4. The molecule has 6 heteroatoms. The van der Waals surface area contributed by atoms with Crippen LogP contribution in [0.15, 0.2) is 42.5 Å². The Kier molecular flexibility index (Phi) is 3.80. The monoisotopic (exact) mass is 335 g/mol. The summed E-state index contributed by atoms with van der Waals surface area (Å²) in [6.07, 6.45) is 0. The second-order valence-electron chi connectivity index (χ2n) is 6.30. The summed E-state index contributed by atoms with van der Waals surface area (Å²) >= 11 is 0. The first-order valence-electron chi connectivity index (χ1n) is 8.54. The number of anilines is 2. The van der Waals surface area contributed by atoms with Gasteiger partial charge in [-0.15, -0.1) is 0 Å². The highest BCUT2D eigenvalue weighted by Gasteiger charge is 2.28. The van der Waals surface area contributed by atoms with Gasteiger partial charge in [0, 0.05) is 17.6 Å². The molecule has 2 amide bonds. The molecule has 128 valence electrons. The average molecular weight is 335 g/mol. The van der Waals surface area contributed by atoms with Crippen LogP contribution >= 0.6 is 0 Å². The third-order valence-electron chi connectivity index (χ3n) is 4.72. The minimum absolute atomic E-state index is 0.00244. The van der Waals surface area contributed by atoms with Crippen molar-refractivity contribution in [3.8, 4) is 0 Å². The molecule has 3 N–H and O–H groups in total. The molecule has 25 heavy (non-hydrogen) atoms. The van der Waals surface area contributed by atoms with Crippen molar-refractivity contribution in [3.05, 3.63) is 53.6 Å².